The van der Waals surface area contributed by atoms with Gasteiger partial charge in [0.15, 0.2) is 0 Å². The summed E-state index contributed by atoms with van der Waals surface area (Å²) in [7, 11) is 0. The Labute approximate surface area is 84.3 Å². The lowest BCUT2D eigenvalue weighted by molar-refractivity contribution is 0.288. The summed E-state index contributed by atoms with van der Waals surface area (Å²) in [4.78, 5) is 3.91. The Balaban J connectivity index is 2.47. The molecule has 0 radical (unpaired) electrons. The van der Waals surface area contributed by atoms with Gasteiger partial charge in [0.05, 0.1) is 18.4 Å². The van der Waals surface area contributed by atoms with E-state index in [0.717, 1.165) is 6.42 Å². The van der Waals surface area contributed by atoms with Crippen LogP contribution in [0.4, 0.5) is 0 Å². The van der Waals surface area contributed by atoms with Gasteiger partial charge in [-0.2, -0.15) is 5.26 Å². The molecule has 0 unspecified atom stereocenters. The van der Waals surface area contributed by atoms with E-state index in [2.05, 4.69) is 18.8 Å². The van der Waals surface area contributed by atoms with Crippen LogP contribution in [0.2, 0.25) is 0 Å². The van der Waals surface area contributed by atoms with Crippen molar-refractivity contribution in [3.63, 3.8) is 0 Å². The second-order valence-corrected chi connectivity index (χ2v) is 3.55. The average Bonchev–Trinajstić information content (AvgIpc) is 2.18. The van der Waals surface area contributed by atoms with Gasteiger partial charge in [-0.3, -0.25) is 4.98 Å². The third kappa shape index (κ3) is 3.44. The first-order valence-electron chi connectivity index (χ1n) is 4.70. The highest BCUT2D eigenvalue weighted by atomic mass is 16.5. The maximum Gasteiger partial charge on any atom is 0.138 e. The number of ether oxygens (including phenoxy) is 1. The summed E-state index contributed by atoms with van der Waals surface area (Å²) in [6, 6.07) is 3.73. The van der Waals surface area contributed by atoms with Gasteiger partial charge in [0.25, 0.3) is 0 Å². The van der Waals surface area contributed by atoms with E-state index < -0.39 is 0 Å². The number of hydrogen-bond donors (Lipinski definition) is 0. The number of nitriles is 1. The number of aromatic nitrogens is 1. The molecule has 0 amide bonds. The molecule has 14 heavy (non-hydrogen) atoms. The van der Waals surface area contributed by atoms with Crippen molar-refractivity contribution in [1.29, 1.82) is 5.26 Å². The molecule has 74 valence electrons. The zero-order chi connectivity index (χ0) is 10.4. The molecule has 0 aliphatic rings. The predicted octanol–water partition coefficient (Wildman–Crippen LogP) is 2.38. The molecule has 1 aromatic rings. The Morgan fingerprint density at radius 1 is 1.50 bits per heavy atom. The number of pyridine rings is 1. The second-order valence-electron chi connectivity index (χ2n) is 3.55. The van der Waals surface area contributed by atoms with Crippen molar-refractivity contribution in [2.75, 3.05) is 6.61 Å². The topological polar surface area (TPSA) is 45.9 Å². The van der Waals surface area contributed by atoms with Gasteiger partial charge < -0.3 is 4.74 Å². The van der Waals surface area contributed by atoms with E-state index in [9.17, 15) is 0 Å². The van der Waals surface area contributed by atoms with Crippen LogP contribution < -0.4 is 4.74 Å². The normalized spacial score (nSPS) is 9.86. The van der Waals surface area contributed by atoms with Crippen molar-refractivity contribution in [2.45, 2.75) is 20.3 Å². The Hall–Kier alpha value is -1.56. The highest BCUT2D eigenvalue weighted by molar-refractivity contribution is 5.32. The zero-order valence-electron chi connectivity index (χ0n) is 8.53. The lowest BCUT2D eigenvalue weighted by Gasteiger charge is -2.07. The summed E-state index contributed by atoms with van der Waals surface area (Å²) < 4.78 is 5.45. The lowest BCUT2D eigenvalue weighted by Crippen LogP contribution is -2.01. The molecule has 0 fully saturated rings. The number of rotatable bonds is 4. The van der Waals surface area contributed by atoms with Crippen molar-refractivity contribution in [3.8, 4) is 11.8 Å². The van der Waals surface area contributed by atoms with Crippen LogP contribution in [0.5, 0.6) is 5.75 Å². The molecular formula is C11H14N2O. The van der Waals surface area contributed by atoms with E-state index in [-0.39, 0.29) is 0 Å². The zero-order valence-corrected chi connectivity index (χ0v) is 8.53. The van der Waals surface area contributed by atoms with E-state index in [1.165, 1.54) is 6.20 Å². The highest BCUT2D eigenvalue weighted by Crippen LogP contribution is 2.11. The number of nitrogens with zero attached hydrogens (tertiary/aromatic N) is 2. The summed E-state index contributed by atoms with van der Waals surface area (Å²) in [5.74, 6) is 1.30. The Bertz CT molecular complexity index is 328. The van der Waals surface area contributed by atoms with Crippen LogP contribution in [0.1, 0.15) is 25.8 Å². The van der Waals surface area contributed by atoms with Crippen LogP contribution in [0.25, 0.3) is 0 Å². The van der Waals surface area contributed by atoms with E-state index in [0.29, 0.717) is 23.8 Å². The predicted molar refractivity (Wildman–Crippen MR) is 53.9 cm³/mol. The SMILES string of the molecule is CC(C)CCOc1cncc(C#N)c1. The largest absolute Gasteiger partial charge is 0.492 e. The van der Waals surface area contributed by atoms with Gasteiger partial charge in [-0.25, -0.2) is 0 Å². The minimum Gasteiger partial charge on any atom is -0.492 e. The molecule has 0 spiro atoms. The standard InChI is InChI=1S/C11H14N2O/c1-9(2)3-4-14-11-5-10(6-12)7-13-8-11/h5,7-9H,3-4H2,1-2H3. The van der Waals surface area contributed by atoms with Gasteiger partial charge in [-0.1, -0.05) is 13.8 Å². The molecule has 0 saturated carbocycles. The Morgan fingerprint density at radius 2 is 2.29 bits per heavy atom. The fourth-order valence-electron chi connectivity index (χ4n) is 0.971. The first kappa shape index (κ1) is 10.5. The molecule has 3 nitrogen and oxygen atoms in total. The van der Waals surface area contributed by atoms with Gasteiger partial charge in [0.2, 0.25) is 0 Å². The van der Waals surface area contributed by atoms with Crippen molar-refractivity contribution >= 4 is 0 Å². The number of hydrogen-bond acceptors (Lipinski definition) is 3. The van der Waals surface area contributed by atoms with Gasteiger partial charge in [-0.05, 0) is 12.3 Å². The maximum absolute atomic E-state index is 8.63. The fraction of sp³-hybridized carbons (Fsp3) is 0.455. The van der Waals surface area contributed by atoms with Crippen LogP contribution in [-0.4, -0.2) is 11.6 Å². The van der Waals surface area contributed by atoms with Gasteiger partial charge >= 0.3 is 0 Å². The minimum atomic E-state index is 0.534. The molecule has 1 aromatic heterocycles. The minimum absolute atomic E-state index is 0.534. The van der Waals surface area contributed by atoms with Crippen molar-refractivity contribution in [2.24, 2.45) is 5.92 Å². The molecule has 0 bridgehead atoms. The third-order valence-electron chi connectivity index (χ3n) is 1.81. The van der Waals surface area contributed by atoms with Crippen molar-refractivity contribution in [1.82, 2.24) is 4.98 Å². The molecule has 1 rings (SSSR count). The van der Waals surface area contributed by atoms with Crippen LogP contribution in [0.15, 0.2) is 18.5 Å². The first-order chi connectivity index (χ1) is 6.72. The van der Waals surface area contributed by atoms with Crippen LogP contribution in [0, 0.1) is 17.2 Å². The van der Waals surface area contributed by atoms with Gasteiger partial charge in [0.1, 0.15) is 11.8 Å². The lowest BCUT2D eigenvalue weighted by atomic mass is 10.1. The second kappa shape index (κ2) is 5.23. The molecule has 0 aliphatic carbocycles. The average molecular weight is 190 g/mol. The summed E-state index contributed by atoms with van der Waals surface area (Å²) >= 11 is 0. The van der Waals surface area contributed by atoms with Gasteiger partial charge in [0, 0.05) is 12.3 Å². The molecule has 0 saturated heterocycles. The molecule has 0 aliphatic heterocycles. The molecule has 0 aromatic carbocycles. The summed E-state index contributed by atoms with van der Waals surface area (Å²) in [5.41, 5.74) is 0.534. The molecule has 3 heteroatoms. The summed E-state index contributed by atoms with van der Waals surface area (Å²) in [6.45, 7) is 4.97. The summed E-state index contributed by atoms with van der Waals surface area (Å²) in [6.07, 6.45) is 4.16. The molecular weight excluding hydrogens is 176 g/mol. The third-order valence-corrected chi connectivity index (χ3v) is 1.81. The van der Waals surface area contributed by atoms with E-state index >= 15 is 0 Å². The van der Waals surface area contributed by atoms with E-state index in [4.69, 9.17) is 10.00 Å². The smallest absolute Gasteiger partial charge is 0.138 e. The van der Waals surface area contributed by atoms with E-state index in [1.807, 2.05) is 6.07 Å². The van der Waals surface area contributed by atoms with Crippen LogP contribution in [0.3, 0.4) is 0 Å². The summed E-state index contributed by atoms with van der Waals surface area (Å²) in [5, 5.41) is 8.63. The quantitative estimate of drug-likeness (QED) is 0.732. The van der Waals surface area contributed by atoms with Gasteiger partial charge in [-0.15, -0.1) is 0 Å². The Morgan fingerprint density at radius 3 is 2.93 bits per heavy atom. The van der Waals surface area contributed by atoms with Crippen molar-refractivity contribution in [3.05, 3.63) is 24.0 Å². The molecule has 0 N–H and O–H groups in total. The fourth-order valence-corrected chi connectivity index (χ4v) is 0.971. The molecule has 0 atom stereocenters. The Kier molecular flexibility index (Phi) is 3.93. The maximum atomic E-state index is 8.63. The van der Waals surface area contributed by atoms with Crippen molar-refractivity contribution < 1.29 is 4.74 Å². The van der Waals surface area contributed by atoms with Crippen LogP contribution >= 0.6 is 0 Å². The van der Waals surface area contributed by atoms with E-state index in [1.54, 1.807) is 12.3 Å². The molecule has 1 heterocycles. The monoisotopic (exact) mass is 190 g/mol. The highest BCUT2D eigenvalue weighted by Gasteiger charge is 1.98. The first-order valence-corrected chi connectivity index (χ1v) is 4.70. The van der Waals surface area contributed by atoms with Crippen LogP contribution in [-0.2, 0) is 0 Å².